The Labute approximate surface area is 219 Å². The molecule has 0 bridgehead atoms. The monoisotopic (exact) mass is 549 g/mol. The molecule has 3 saturated heterocycles. The molecule has 12 heteroatoms. The lowest BCUT2D eigenvalue weighted by Crippen LogP contribution is -2.71. The van der Waals surface area contributed by atoms with Gasteiger partial charge < -0.3 is 9.64 Å². The van der Waals surface area contributed by atoms with Crippen LogP contribution < -0.4 is 4.90 Å². The van der Waals surface area contributed by atoms with E-state index in [1.165, 1.54) is 13.0 Å². The van der Waals surface area contributed by atoms with Crippen molar-refractivity contribution in [2.45, 2.75) is 44.2 Å². The summed E-state index contributed by atoms with van der Waals surface area (Å²) in [7, 11) is -3.04. The van der Waals surface area contributed by atoms with Gasteiger partial charge in [0.1, 0.15) is 5.82 Å². The highest BCUT2D eigenvalue weighted by Gasteiger charge is 2.59. The number of imidazole rings is 1. The second-order valence-electron chi connectivity index (χ2n) is 10.7. The van der Waals surface area contributed by atoms with Gasteiger partial charge in [-0.05, 0) is 49.1 Å². The van der Waals surface area contributed by atoms with Gasteiger partial charge in [-0.1, -0.05) is 12.1 Å². The van der Waals surface area contributed by atoms with Gasteiger partial charge in [0, 0.05) is 39.1 Å². The first-order valence-electron chi connectivity index (χ1n) is 12.8. The van der Waals surface area contributed by atoms with E-state index >= 15 is 0 Å². The number of alkyl halides is 3. The molecule has 8 nitrogen and oxygen atoms in total. The molecule has 6 rings (SSSR count). The number of likely N-dealkylation sites (tertiary alicyclic amines) is 1. The Bertz CT molecular complexity index is 1510. The second kappa shape index (κ2) is 8.92. The van der Waals surface area contributed by atoms with Crippen molar-refractivity contribution < 1.29 is 26.3 Å². The van der Waals surface area contributed by atoms with Crippen LogP contribution in [0.1, 0.15) is 40.1 Å². The van der Waals surface area contributed by atoms with E-state index in [2.05, 4.69) is 9.80 Å². The highest BCUT2D eigenvalue weighted by molar-refractivity contribution is 7.94. The van der Waals surface area contributed by atoms with Crippen LogP contribution in [0.2, 0.25) is 0 Å². The first kappa shape index (κ1) is 25.6. The van der Waals surface area contributed by atoms with E-state index in [-0.39, 0.29) is 17.7 Å². The van der Waals surface area contributed by atoms with Crippen LogP contribution >= 0.6 is 0 Å². The van der Waals surface area contributed by atoms with Gasteiger partial charge in [-0.2, -0.15) is 13.2 Å². The minimum Gasteiger partial charge on any atom is -0.378 e. The third kappa shape index (κ3) is 4.17. The van der Waals surface area contributed by atoms with Crippen LogP contribution in [0.4, 0.5) is 19.0 Å². The molecule has 0 amide bonds. The van der Waals surface area contributed by atoms with Gasteiger partial charge >= 0.3 is 6.18 Å². The van der Waals surface area contributed by atoms with Gasteiger partial charge in [0.15, 0.2) is 15.5 Å². The number of nitrogens with zero attached hydrogens (tertiary/aromatic N) is 5. The Hall–Kier alpha value is -2.70. The van der Waals surface area contributed by atoms with E-state index in [4.69, 9.17) is 14.8 Å². The fraction of sp³-hybridized carbons (Fsp3) is 0.538. The number of anilines is 1. The molecule has 2 aromatic heterocycles. The van der Waals surface area contributed by atoms with Gasteiger partial charge in [0.25, 0.3) is 0 Å². The molecule has 0 saturated carbocycles. The number of hydrogen-bond donors (Lipinski definition) is 0. The van der Waals surface area contributed by atoms with Gasteiger partial charge in [0.05, 0.1) is 40.7 Å². The SMILES string of the molecule is Cc1c(Cc2c(CN3CC4(CCS4(=O)=O)C3)nc3c(C)cc(N4CCOCC4)nn23)cccc1C(F)(F)F. The first-order valence-corrected chi connectivity index (χ1v) is 14.4. The smallest absolute Gasteiger partial charge is 0.378 e. The number of rotatable bonds is 5. The van der Waals surface area contributed by atoms with Gasteiger partial charge in [-0.25, -0.2) is 17.9 Å². The van der Waals surface area contributed by atoms with Crippen LogP contribution in [-0.2, 0) is 33.7 Å². The summed E-state index contributed by atoms with van der Waals surface area (Å²) in [4.78, 5) is 9.08. The van der Waals surface area contributed by atoms with E-state index in [1.807, 2.05) is 13.0 Å². The van der Waals surface area contributed by atoms with Crippen molar-refractivity contribution >= 4 is 21.3 Å². The standard InChI is InChI=1S/C26H30F3N5O3S/c1-17-12-23(33-7-9-37-10-8-33)31-34-22(13-19-4-3-5-20(18(19)2)26(27,28)29)21(30-24(17)34)14-32-15-25(16-32)6-11-38(25,35)36/h3-5,12H,6-11,13-16H2,1-2H3. The molecule has 1 aromatic carbocycles. The van der Waals surface area contributed by atoms with Crippen LogP contribution in [0.15, 0.2) is 24.3 Å². The molecule has 5 heterocycles. The van der Waals surface area contributed by atoms with Gasteiger partial charge in [0.2, 0.25) is 0 Å². The Morgan fingerprint density at radius 3 is 2.50 bits per heavy atom. The minimum absolute atomic E-state index is 0.186. The van der Waals surface area contributed by atoms with Crippen LogP contribution in [0.25, 0.3) is 5.65 Å². The minimum atomic E-state index is -4.44. The van der Waals surface area contributed by atoms with Crippen molar-refractivity contribution in [3.8, 4) is 0 Å². The van der Waals surface area contributed by atoms with Crippen LogP contribution in [-0.4, -0.2) is 77.8 Å². The lowest BCUT2D eigenvalue weighted by molar-refractivity contribution is -0.138. The number of aryl methyl sites for hydroxylation is 1. The summed E-state index contributed by atoms with van der Waals surface area (Å²) in [6, 6.07) is 6.24. The molecule has 3 aliphatic rings. The first-order chi connectivity index (χ1) is 18.0. The van der Waals surface area contributed by atoms with Crippen molar-refractivity contribution in [3.05, 3.63) is 57.9 Å². The van der Waals surface area contributed by atoms with Crippen LogP contribution in [0.5, 0.6) is 0 Å². The number of hydrogen-bond acceptors (Lipinski definition) is 7. The molecule has 38 heavy (non-hydrogen) atoms. The highest BCUT2D eigenvalue weighted by Crippen LogP contribution is 2.43. The van der Waals surface area contributed by atoms with E-state index < -0.39 is 26.3 Å². The van der Waals surface area contributed by atoms with Crippen LogP contribution in [0, 0.1) is 13.8 Å². The molecule has 1 spiro atoms. The predicted molar refractivity (Wildman–Crippen MR) is 136 cm³/mol. The number of benzene rings is 1. The zero-order chi connectivity index (χ0) is 26.9. The summed E-state index contributed by atoms with van der Waals surface area (Å²) in [6.07, 6.45) is -3.54. The van der Waals surface area contributed by atoms with Gasteiger partial charge in [-0.3, -0.25) is 4.90 Å². The Kier molecular flexibility index (Phi) is 6.00. The molecule has 0 atom stereocenters. The van der Waals surface area contributed by atoms with E-state index in [9.17, 15) is 21.6 Å². The Morgan fingerprint density at radius 1 is 1.13 bits per heavy atom. The van der Waals surface area contributed by atoms with Crippen molar-refractivity contribution in [2.24, 2.45) is 0 Å². The van der Waals surface area contributed by atoms with E-state index in [0.29, 0.717) is 69.3 Å². The molecular weight excluding hydrogens is 519 g/mol. The molecule has 3 aliphatic heterocycles. The average molecular weight is 550 g/mol. The fourth-order valence-electron chi connectivity index (χ4n) is 5.86. The molecule has 3 aromatic rings. The fourth-order valence-corrected chi connectivity index (χ4v) is 7.73. The third-order valence-electron chi connectivity index (χ3n) is 8.26. The number of fused-ring (bicyclic) bond motifs is 1. The number of ether oxygens (including phenoxy) is 1. The zero-order valence-electron chi connectivity index (χ0n) is 21.4. The van der Waals surface area contributed by atoms with E-state index in [0.717, 1.165) is 23.1 Å². The molecule has 0 unspecified atom stereocenters. The lowest BCUT2D eigenvalue weighted by atomic mass is 9.94. The summed E-state index contributed by atoms with van der Waals surface area (Å²) < 4.78 is 72.1. The number of sulfone groups is 1. The average Bonchev–Trinajstić information content (AvgIpc) is 3.19. The van der Waals surface area contributed by atoms with E-state index in [1.54, 1.807) is 10.6 Å². The maximum atomic E-state index is 13.7. The topological polar surface area (TPSA) is 80.0 Å². The quantitative estimate of drug-likeness (QED) is 0.484. The summed E-state index contributed by atoms with van der Waals surface area (Å²) in [5.41, 5.74) is 3.09. The summed E-state index contributed by atoms with van der Waals surface area (Å²) in [5, 5.41) is 4.90. The number of halogens is 3. The summed E-state index contributed by atoms with van der Waals surface area (Å²) in [6.45, 7) is 7.38. The molecule has 0 N–H and O–H groups in total. The largest absolute Gasteiger partial charge is 0.416 e. The maximum Gasteiger partial charge on any atom is 0.416 e. The lowest BCUT2D eigenvalue weighted by Gasteiger charge is -2.54. The molecule has 0 aliphatic carbocycles. The number of morpholine rings is 1. The summed E-state index contributed by atoms with van der Waals surface area (Å²) in [5.74, 6) is 1.01. The van der Waals surface area contributed by atoms with Crippen molar-refractivity contribution in [1.82, 2.24) is 19.5 Å². The molecule has 3 fully saturated rings. The molecule has 204 valence electrons. The Morgan fingerprint density at radius 2 is 1.87 bits per heavy atom. The van der Waals surface area contributed by atoms with Crippen molar-refractivity contribution in [2.75, 3.05) is 50.0 Å². The highest BCUT2D eigenvalue weighted by atomic mass is 32.2. The van der Waals surface area contributed by atoms with Crippen molar-refractivity contribution in [3.63, 3.8) is 0 Å². The Balaban J connectivity index is 1.40. The summed E-state index contributed by atoms with van der Waals surface area (Å²) >= 11 is 0. The van der Waals surface area contributed by atoms with Gasteiger partial charge in [-0.15, -0.1) is 5.10 Å². The molecule has 0 radical (unpaired) electrons. The maximum absolute atomic E-state index is 13.7. The number of aromatic nitrogens is 3. The normalized spacial score (nSPS) is 21.0. The third-order valence-corrected chi connectivity index (χ3v) is 10.8. The predicted octanol–water partition coefficient (Wildman–Crippen LogP) is 3.17. The zero-order valence-corrected chi connectivity index (χ0v) is 22.2. The van der Waals surface area contributed by atoms with Crippen molar-refractivity contribution in [1.29, 1.82) is 0 Å². The second-order valence-corrected chi connectivity index (χ2v) is 13.2. The molecular formula is C26H30F3N5O3S. The van der Waals surface area contributed by atoms with Crippen LogP contribution in [0.3, 0.4) is 0 Å².